The fourth-order valence-electron chi connectivity index (χ4n) is 1.60. The Balaban J connectivity index is 2.79. The van der Waals surface area contributed by atoms with Crippen LogP contribution in [0, 0.1) is 24.2 Å². The minimum Gasteiger partial charge on any atom is -0.338 e. The number of rotatable bonds is 4. The summed E-state index contributed by atoms with van der Waals surface area (Å²) in [5.41, 5.74) is 0.973. The molecule has 102 valence electrons. The summed E-state index contributed by atoms with van der Waals surface area (Å²) in [5.74, 6) is -0.154. The zero-order valence-electron chi connectivity index (χ0n) is 11.7. The molecule has 1 aromatic carbocycles. The number of carbonyl (C=O) groups excluding carboxylic acids is 1. The Bertz CT molecular complexity index is 519. The molecule has 0 radical (unpaired) electrons. The van der Waals surface area contributed by atoms with Gasteiger partial charge in [-0.1, -0.05) is 37.6 Å². The van der Waals surface area contributed by atoms with Crippen LogP contribution in [0.15, 0.2) is 18.2 Å². The number of nitrogens with zero attached hydrogens (tertiary/aromatic N) is 1. The quantitative estimate of drug-likeness (QED) is 0.919. The van der Waals surface area contributed by atoms with Gasteiger partial charge in [-0.15, -0.1) is 0 Å². The van der Waals surface area contributed by atoms with Crippen LogP contribution in [0.5, 0.6) is 0 Å². The third-order valence-corrected chi connectivity index (χ3v) is 3.70. The highest BCUT2D eigenvalue weighted by atomic mass is 35.5. The molecule has 1 N–H and O–H groups in total. The van der Waals surface area contributed by atoms with Crippen LogP contribution in [-0.2, 0) is 11.2 Å². The molecule has 4 heteroatoms. The van der Waals surface area contributed by atoms with Gasteiger partial charge >= 0.3 is 0 Å². The van der Waals surface area contributed by atoms with Gasteiger partial charge in [0.05, 0.1) is 12.5 Å². The van der Waals surface area contributed by atoms with Crippen molar-refractivity contribution < 1.29 is 4.79 Å². The van der Waals surface area contributed by atoms with Gasteiger partial charge < -0.3 is 5.32 Å². The normalized spacial score (nSPS) is 13.7. The van der Waals surface area contributed by atoms with Crippen molar-refractivity contribution in [1.82, 2.24) is 5.32 Å². The summed E-state index contributed by atoms with van der Waals surface area (Å²) < 4.78 is 0. The van der Waals surface area contributed by atoms with E-state index in [9.17, 15) is 10.1 Å². The van der Waals surface area contributed by atoms with E-state index >= 15 is 0 Å². The molecule has 1 atom stereocenters. The first kappa shape index (κ1) is 15.5. The molecule has 0 saturated heterocycles. The first-order chi connectivity index (χ1) is 8.78. The van der Waals surface area contributed by atoms with Gasteiger partial charge in [-0.3, -0.25) is 4.79 Å². The fourth-order valence-corrected chi connectivity index (χ4v) is 1.91. The third kappa shape index (κ3) is 3.97. The zero-order chi connectivity index (χ0) is 14.6. The molecule has 0 saturated carbocycles. The van der Waals surface area contributed by atoms with Crippen molar-refractivity contribution >= 4 is 17.5 Å². The lowest BCUT2D eigenvalue weighted by molar-refractivity contribution is -0.122. The molecule has 1 amide bonds. The van der Waals surface area contributed by atoms with Gasteiger partial charge in [0.25, 0.3) is 0 Å². The van der Waals surface area contributed by atoms with E-state index in [1.165, 1.54) is 0 Å². The Morgan fingerprint density at radius 3 is 2.63 bits per heavy atom. The molecule has 0 aliphatic rings. The van der Waals surface area contributed by atoms with Gasteiger partial charge in [0.1, 0.15) is 5.54 Å². The summed E-state index contributed by atoms with van der Waals surface area (Å²) in [6.45, 7) is 7.48. The molecule has 0 heterocycles. The van der Waals surface area contributed by atoms with Crippen molar-refractivity contribution in [2.45, 2.75) is 39.7 Å². The lowest BCUT2D eigenvalue weighted by atomic mass is 9.90. The van der Waals surface area contributed by atoms with Gasteiger partial charge in [-0.2, -0.15) is 5.26 Å². The molecule has 0 fully saturated rings. The number of hydrogen-bond acceptors (Lipinski definition) is 2. The number of nitrogens with one attached hydrogen (secondary N) is 1. The Hall–Kier alpha value is -1.53. The lowest BCUT2D eigenvalue weighted by Gasteiger charge is -2.27. The summed E-state index contributed by atoms with van der Waals surface area (Å²) >= 11 is 6.10. The molecule has 19 heavy (non-hydrogen) atoms. The maximum atomic E-state index is 12.0. The van der Waals surface area contributed by atoms with Crippen LogP contribution in [0.1, 0.15) is 31.9 Å². The number of benzene rings is 1. The largest absolute Gasteiger partial charge is 0.338 e. The maximum absolute atomic E-state index is 12.0. The number of hydrogen-bond donors (Lipinski definition) is 1. The Morgan fingerprint density at radius 1 is 1.53 bits per heavy atom. The molecular weight excluding hydrogens is 260 g/mol. The molecule has 3 nitrogen and oxygen atoms in total. The molecule has 1 aromatic rings. The summed E-state index contributed by atoms with van der Waals surface area (Å²) in [6, 6.07) is 7.74. The van der Waals surface area contributed by atoms with Crippen molar-refractivity contribution in [2.75, 3.05) is 0 Å². The summed E-state index contributed by atoms with van der Waals surface area (Å²) in [7, 11) is 0. The number of carbonyl (C=O) groups is 1. The fraction of sp³-hybridized carbons (Fsp3) is 0.467. The highest BCUT2D eigenvalue weighted by Gasteiger charge is 2.29. The highest BCUT2D eigenvalue weighted by Crippen LogP contribution is 2.19. The predicted molar refractivity (Wildman–Crippen MR) is 76.9 cm³/mol. The van der Waals surface area contributed by atoms with Crippen LogP contribution in [0.25, 0.3) is 0 Å². The van der Waals surface area contributed by atoms with Gasteiger partial charge in [-0.05, 0) is 37.0 Å². The highest BCUT2D eigenvalue weighted by molar-refractivity contribution is 6.31. The first-order valence-corrected chi connectivity index (χ1v) is 6.63. The number of aryl methyl sites for hydroxylation is 1. The third-order valence-electron chi connectivity index (χ3n) is 3.35. The van der Waals surface area contributed by atoms with Crippen LogP contribution in [0.2, 0.25) is 5.02 Å². The standard InChI is InChI=1S/C15H19ClN2O/c1-10(2)15(4,9-17)18-14(19)8-12-6-5-11(3)7-13(12)16/h5-7,10H,8H2,1-4H3,(H,18,19). The maximum Gasteiger partial charge on any atom is 0.225 e. The summed E-state index contributed by atoms with van der Waals surface area (Å²) in [5, 5.41) is 12.5. The molecule has 0 aromatic heterocycles. The SMILES string of the molecule is Cc1ccc(CC(=O)NC(C)(C#N)C(C)C)c(Cl)c1. The Kier molecular flexibility index (Phi) is 4.97. The first-order valence-electron chi connectivity index (χ1n) is 6.26. The zero-order valence-corrected chi connectivity index (χ0v) is 12.5. The van der Waals surface area contributed by atoms with Crippen molar-refractivity contribution in [1.29, 1.82) is 5.26 Å². The van der Waals surface area contributed by atoms with Crippen LogP contribution in [0.4, 0.5) is 0 Å². The van der Waals surface area contributed by atoms with Crippen LogP contribution in [-0.4, -0.2) is 11.4 Å². The minimum atomic E-state index is -0.853. The van der Waals surface area contributed by atoms with Crippen molar-refractivity contribution in [2.24, 2.45) is 5.92 Å². The molecule has 1 rings (SSSR count). The Morgan fingerprint density at radius 2 is 2.16 bits per heavy atom. The molecule has 1 unspecified atom stereocenters. The summed E-state index contributed by atoms with van der Waals surface area (Å²) in [4.78, 5) is 12.0. The lowest BCUT2D eigenvalue weighted by Crippen LogP contribution is -2.49. The Labute approximate surface area is 119 Å². The average molecular weight is 279 g/mol. The van der Waals surface area contributed by atoms with Crippen LogP contribution in [0.3, 0.4) is 0 Å². The topological polar surface area (TPSA) is 52.9 Å². The van der Waals surface area contributed by atoms with E-state index < -0.39 is 5.54 Å². The number of nitriles is 1. The molecule has 0 spiro atoms. The van der Waals surface area contributed by atoms with E-state index in [2.05, 4.69) is 11.4 Å². The van der Waals surface area contributed by atoms with Crippen molar-refractivity contribution in [3.63, 3.8) is 0 Å². The number of halogens is 1. The molecular formula is C15H19ClN2O. The van der Waals surface area contributed by atoms with Crippen molar-refractivity contribution in [3.8, 4) is 6.07 Å². The van der Waals surface area contributed by atoms with Gasteiger partial charge in [0.2, 0.25) is 5.91 Å². The number of amides is 1. The molecule has 0 aliphatic carbocycles. The van der Waals surface area contributed by atoms with Crippen LogP contribution < -0.4 is 5.32 Å². The van der Waals surface area contributed by atoms with E-state index in [-0.39, 0.29) is 18.2 Å². The van der Waals surface area contributed by atoms with Crippen molar-refractivity contribution in [3.05, 3.63) is 34.3 Å². The van der Waals surface area contributed by atoms with E-state index in [1.54, 1.807) is 6.92 Å². The average Bonchev–Trinajstić information content (AvgIpc) is 2.32. The molecule has 0 bridgehead atoms. The second-order valence-corrected chi connectivity index (χ2v) is 5.70. The predicted octanol–water partition coefficient (Wildman–Crippen LogP) is 3.25. The smallest absolute Gasteiger partial charge is 0.225 e. The van der Waals surface area contributed by atoms with Gasteiger partial charge in [0, 0.05) is 5.02 Å². The van der Waals surface area contributed by atoms with Crippen LogP contribution >= 0.6 is 11.6 Å². The van der Waals surface area contributed by atoms with E-state index in [0.29, 0.717) is 5.02 Å². The molecule has 0 aliphatic heterocycles. The minimum absolute atomic E-state index is 0.0370. The summed E-state index contributed by atoms with van der Waals surface area (Å²) in [6.07, 6.45) is 0.184. The van der Waals surface area contributed by atoms with Gasteiger partial charge in [0.15, 0.2) is 0 Å². The second-order valence-electron chi connectivity index (χ2n) is 5.29. The monoisotopic (exact) mass is 278 g/mol. The van der Waals surface area contributed by atoms with E-state index in [1.807, 2.05) is 39.0 Å². The second kappa shape index (κ2) is 6.08. The van der Waals surface area contributed by atoms with E-state index in [4.69, 9.17) is 11.6 Å². The van der Waals surface area contributed by atoms with Gasteiger partial charge in [-0.25, -0.2) is 0 Å². The van der Waals surface area contributed by atoms with E-state index in [0.717, 1.165) is 11.1 Å².